The van der Waals surface area contributed by atoms with Crippen molar-refractivity contribution in [2.75, 3.05) is 5.32 Å². The molecule has 0 radical (unpaired) electrons. The lowest BCUT2D eigenvalue weighted by Crippen LogP contribution is -2.23. The first-order chi connectivity index (χ1) is 14.5. The van der Waals surface area contributed by atoms with Crippen LogP contribution in [0.25, 0.3) is 27.7 Å². The first-order valence-corrected chi connectivity index (χ1v) is 10.8. The third kappa shape index (κ3) is 3.22. The van der Waals surface area contributed by atoms with Crippen LogP contribution in [-0.2, 0) is 0 Å². The van der Waals surface area contributed by atoms with Crippen molar-refractivity contribution >= 4 is 22.5 Å². The van der Waals surface area contributed by atoms with Gasteiger partial charge < -0.3 is 9.88 Å². The Kier molecular flexibility index (Phi) is 4.68. The first-order valence-electron chi connectivity index (χ1n) is 10.8. The number of aromatic nitrogens is 5. The number of hydrogen-bond donors (Lipinski definition) is 1. The number of rotatable bonds is 4. The molecule has 0 atom stereocenters. The number of nitrogens with zero attached hydrogens (tertiary/aromatic N) is 5. The summed E-state index contributed by atoms with van der Waals surface area (Å²) in [5.74, 6) is 1.16. The molecule has 1 aliphatic carbocycles. The molecule has 1 aliphatic rings. The Labute approximate surface area is 175 Å². The molecule has 156 valence electrons. The molecule has 0 saturated heterocycles. The highest BCUT2D eigenvalue weighted by Crippen LogP contribution is 2.32. The molecule has 5 rings (SSSR count). The van der Waals surface area contributed by atoms with Crippen molar-refractivity contribution in [3.8, 4) is 11.1 Å². The van der Waals surface area contributed by atoms with Gasteiger partial charge in [0, 0.05) is 23.8 Å². The van der Waals surface area contributed by atoms with Crippen LogP contribution in [0.15, 0.2) is 30.6 Å². The molecule has 30 heavy (non-hydrogen) atoms. The Morgan fingerprint density at radius 1 is 1.13 bits per heavy atom. The van der Waals surface area contributed by atoms with Gasteiger partial charge in [0.25, 0.3) is 0 Å². The molecule has 0 spiro atoms. The van der Waals surface area contributed by atoms with E-state index in [2.05, 4.69) is 38.8 Å². The van der Waals surface area contributed by atoms with Crippen molar-refractivity contribution in [2.45, 2.75) is 65.0 Å². The zero-order chi connectivity index (χ0) is 20.8. The number of benzene rings is 1. The zero-order valence-electron chi connectivity index (χ0n) is 17.7. The van der Waals surface area contributed by atoms with Gasteiger partial charge in [-0.05, 0) is 57.4 Å². The number of imidazole rings is 1. The molecule has 3 heterocycles. The van der Waals surface area contributed by atoms with Crippen LogP contribution in [0, 0.1) is 12.7 Å². The lowest BCUT2D eigenvalue weighted by atomic mass is 9.96. The molecule has 1 N–H and O–H groups in total. The summed E-state index contributed by atoms with van der Waals surface area (Å²) in [6.07, 6.45) is 9.89. The normalized spacial score (nSPS) is 15.5. The maximum atomic E-state index is 14.9. The molecule has 6 nitrogen and oxygen atoms in total. The molecular formula is C23H27FN6. The second-order valence-electron chi connectivity index (χ2n) is 8.57. The van der Waals surface area contributed by atoms with E-state index in [1.165, 1.54) is 32.1 Å². The van der Waals surface area contributed by atoms with Crippen LogP contribution in [0.1, 0.15) is 57.8 Å². The SMILES string of the molecule is Cc1nc2c(F)cc(-c3ccn4nc(NC5CCCCC5)ncc34)cc2n1C(C)C. The predicted octanol–water partition coefficient (Wildman–Crippen LogP) is 5.52. The molecule has 4 aromatic rings. The molecular weight excluding hydrogens is 379 g/mol. The molecule has 0 amide bonds. The van der Waals surface area contributed by atoms with E-state index >= 15 is 0 Å². The van der Waals surface area contributed by atoms with Crippen LogP contribution in [-0.4, -0.2) is 30.2 Å². The fourth-order valence-electron chi connectivity index (χ4n) is 4.72. The van der Waals surface area contributed by atoms with E-state index in [1.807, 2.05) is 36.0 Å². The average Bonchev–Trinajstić information content (AvgIpc) is 3.29. The lowest BCUT2D eigenvalue weighted by Gasteiger charge is -2.22. The molecule has 0 unspecified atom stereocenters. The largest absolute Gasteiger partial charge is 0.350 e. The van der Waals surface area contributed by atoms with Crippen LogP contribution in [0.5, 0.6) is 0 Å². The Balaban J connectivity index is 1.54. The predicted molar refractivity (Wildman–Crippen MR) is 117 cm³/mol. The lowest BCUT2D eigenvalue weighted by molar-refractivity contribution is 0.460. The smallest absolute Gasteiger partial charge is 0.241 e. The summed E-state index contributed by atoms with van der Waals surface area (Å²) in [5.41, 5.74) is 3.81. The molecule has 1 fully saturated rings. The van der Waals surface area contributed by atoms with Gasteiger partial charge in [0.2, 0.25) is 5.95 Å². The van der Waals surface area contributed by atoms with Crippen LogP contribution in [0.4, 0.5) is 10.3 Å². The van der Waals surface area contributed by atoms with Crippen molar-refractivity contribution in [2.24, 2.45) is 0 Å². The van der Waals surface area contributed by atoms with Gasteiger partial charge >= 0.3 is 0 Å². The molecule has 7 heteroatoms. The monoisotopic (exact) mass is 406 g/mol. The third-order valence-corrected chi connectivity index (χ3v) is 6.11. The molecule has 1 aromatic carbocycles. The van der Waals surface area contributed by atoms with Crippen molar-refractivity contribution in [3.05, 3.63) is 42.2 Å². The number of aryl methyl sites for hydroxylation is 1. The van der Waals surface area contributed by atoms with Gasteiger partial charge in [-0.2, -0.15) is 0 Å². The summed E-state index contributed by atoms with van der Waals surface area (Å²) >= 11 is 0. The standard InChI is InChI=1S/C23H27FN6/c1-14(2)30-15(3)26-22-19(24)11-16(12-20(22)30)18-9-10-29-21(18)13-25-23(28-29)27-17-7-5-4-6-8-17/h9-14,17H,4-8H2,1-3H3,(H,27,28). The van der Waals surface area contributed by atoms with E-state index < -0.39 is 0 Å². The van der Waals surface area contributed by atoms with Crippen molar-refractivity contribution in [1.82, 2.24) is 24.1 Å². The fraction of sp³-hybridized carbons (Fsp3) is 0.435. The van der Waals surface area contributed by atoms with E-state index in [1.54, 1.807) is 6.07 Å². The molecule has 0 aliphatic heterocycles. The topological polar surface area (TPSA) is 60.0 Å². The second kappa shape index (κ2) is 7.38. The Hall–Kier alpha value is -2.96. The van der Waals surface area contributed by atoms with E-state index in [-0.39, 0.29) is 11.9 Å². The summed E-state index contributed by atoms with van der Waals surface area (Å²) in [6.45, 7) is 6.09. The van der Waals surface area contributed by atoms with Gasteiger partial charge in [0.1, 0.15) is 11.3 Å². The van der Waals surface area contributed by atoms with Gasteiger partial charge in [-0.3, -0.25) is 0 Å². The summed E-state index contributed by atoms with van der Waals surface area (Å²) in [7, 11) is 0. The van der Waals surface area contributed by atoms with E-state index in [0.29, 0.717) is 17.5 Å². The number of halogens is 1. The van der Waals surface area contributed by atoms with Crippen LogP contribution in [0.3, 0.4) is 0 Å². The summed E-state index contributed by atoms with van der Waals surface area (Å²) in [6, 6.07) is 6.19. The minimum atomic E-state index is -0.305. The molecule has 1 saturated carbocycles. The van der Waals surface area contributed by atoms with Gasteiger partial charge in [-0.1, -0.05) is 19.3 Å². The van der Waals surface area contributed by atoms with E-state index in [4.69, 9.17) is 0 Å². The third-order valence-electron chi connectivity index (χ3n) is 6.11. The first kappa shape index (κ1) is 19.0. The van der Waals surface area contributed by atoms with Gasteiger partial charge in [0.05, 0.1) is 17.2 Å². The van der Waals surface area contributed by atoms with Crippen molar-refractivity contribution in [3.63, 3.8) is 0 Å². The van der Waals surface area contributed by atoms with Crippen LogP contribution in [0.2, 0.25) is 0 Å². The van der Waals surface area contributed by atoms with E-state index in [0.717, 1.165) is 28.0 Å². The maximum absolute atomic E-state index is 14.9. The zero-order valence-corrected chi connectivity index (χ0v) is 17.7. The van der Waals surface area contributed by atoms with Crippen LogP contribution < -0.4 is 5.32 Å². The highest BCUT2D eigenvalue weighted by molar-refractivity contribution is 5.88. The second-order valence-corrected chi connectivity index (χ2v) is 8.57. The van der Waals surface area contributed by atoms with Crippen molar-refractivity contribution < 1.29 is 4.39 Å². The Bertz CT molecular complexity index is 1220. The van der Waals surface area contributed by atoms with Gasteiger partial charge in [-0.25, -0.2) is 18.9 Å². The average molecular weight is 407 g/mol. The van der Waals surface area contributed by atoms with Gasteiger partial charge in [-0.15, -0.1) is 5.10 Å². The summed E-state index contributed by atoms with van der Waals surface area (Å²) in [4.78, 5) is 8.98. The number of hydrogen-bond acceptors (Lipinski definition) is 4. The number of anilines is 1. The summed E-state index contributed by atoms with van der Waals surface area (Å²) in [5, 5.41) is 8.10. The molecule has 3 aromatic heterocycles. The number of fused-ring (bicyclic) bond motifs is 2. The minimum absolute atomic E-state index is 0.201. The fourth-order valence-corrected chi connectivity index (χ4v) is 4.72. The Morgan fingerprint density at radius 2 is 1.93 bits per heavy atom. The molecule has 0 bridgehead atoms. The number of nitrogens with one attached hydrogen (secondary N) is 1. The Morgan fingerprint density at radius 3 is 2.70 bits per heavy atom. The van der Waals surface area contributed by atoms with Crippen molar-refractivity contribution in [1.29, 1.82) is 0 Å². The van der Waals surface area contributed by atoms with Gasteiger partial charge in [0.15, 0.2) is 5.82 Å². The highest BCUT2D eigenvalue weighted by atomic mass is 19.1. The highest BCUT2D eigenvalue weighted by Gasteiger charge is 2.18. The summed E-state index contributed by atoms with van der Waals surface area (Å²) < 4.78 is 18.8. The van der Waals surface area contributed by atoms with Crippen LogP contribution >= 0.6 is 0 Å². The maximum Gasteiger partial charge on any atom is 0.241 e. The minimum Gasteiger partial charge on any atom is -0.350 e. The van der Waals surface area contributed by atoms with E-state index in [9.17, 15) is 4.39 Å². The quantitative estimate of drug-likeness (QED) is 0.485.